The van der Waals surface area contributed by atoms with Crippen LogP contribution in [0.2, 0.25) is 0 Å². The molecule has 28 heavy (non-hydrogen) atoms. The van der Waals surface area contributed by atoms with Crippen molar-refractivity contribution in [2.45, 2.75) is 32.1 Å². The Balaban J connectivity index is 1.68. The lowest BCUT2D eigenvalue weighted by molar-refractivity contribution is 0.0846. The summed E-state index contributed by atoms with van der Waals surface area (Å²) in [6, 6.07) is 6.33. The standard InChI is InChI=1S/C20H20F2N4O2/c1-12-3-2-4-15(23-12)20(27)25-17-11-26-10-16(13-5-7-28-8-6-13)24-18(26)9-14(17)19(21)22/h2-4,9-11,13,19H,5-8H2,1H3,(H,25,27). The van der Waals surface area contributed by atoms with Crippen LogP contribution in [0.5, 0.6) is 0 Å². The van der Waals surface area contributed by atoms with Gasteiger partial charge in [0.1, 0.15) is 11.3 Å². The summed E-state index contributed by atoms with van der Waals surface area (Å²) in [5, 5.41) is 2.57. The van der Waals surface area contributed by atoms with Crippen molar-refractivity contribution < 1.29 is 18.3 Å². The van der Waals surface area contributed by atoms with E-state index in [2.05, 4.69) is 15.3 Å². The normalized spacial score (nSPS) is 15.3. The molecule has 8 heteroatoms. The molecule has 6 nitrogen and oxygen atoms in total. The number of carbonyl (C=O) groups excluding carboxylic acids is 1. The van der Waals surface area contributed by atoms with E-state index in [9.17, 15) is 13.6 Å². The molecule has 4 heterocycles. The fourth-order valence-corrected chi connectivity index (χ4v) is 3.40. The summed E-state index contributed by atoms with van der Waals surface area (Å²) in [7, 11) is 0. The Morgan fingerprint density at radius 3 is 2.75 bits per heavy atom. The van der Waals surface area contributed by atoms with Gasteiger partial charge >= 0.3 is 0 Å². The summed E-state index contributed by atoms with van der Waals surface area (Å²) in [4.78, 5) is 21.1. The second-order valence-corrected chi connectivity index (χ2v) is 6.88. The molecule has 1 aliphatic heterocycles. The van der Waals surface area contributed by atoms with E-state index in [-0.39, 0.29) is 22.9 Å². The van der Waals surface area contributed by atoms with Crippen molar-refractivity contribution in [2.75, 3.05) is 18.5 Å². The molecule has 0 unspecified atom stereocenters. The van der Waals surface area contributed by atoms with E-state index in [0.717, 1.165) is 18.5 Å². The fourth-order valence-electron chi connectivity index (χ4n) is 3.40. The first-order valence-corrected chi connectivity index (χ1v) is 9.14. The number of aromatic nitrogens is 3. The van der Waals surface area contributed by atoms with Gasteiger partial charge in [-0.1, -0.05) is 6.07 Å². The lowest BCUT2D eigenvalue weighted by Crippen LogP contribution is -2.16. The van der Waals surface area contributed by atoms with E-state index in [1.807, 2.05) is 6.20 Å². The molecule has 146 valence electrons. The van der Waals surface area contributed by atoms with E-state index >= 15 is 0 Å². The van der Waals surface area contributed by atoms with Gasteiger partial charge in [0.25, 0.3) is 12.3 Å². The Morgan fingerprint density at radius 1 is 1.25 bits per heavy atom. The van der Waals surface area contributed by atoms with Crippen LogP contribution in [0.3, 0.4) is 0 Å². The van der Waals surface area contributed by atoms with Crippen molar-refractivity contribution in [3.05, 3.63) is 59.3 Å². The number of amides is 1. The smallest absolute Gasteiger partial charge is 0.274 e. The predicted molar refractivity (Wildman–Crippen MR) is 99.9 cm³/mol. The minimum Gasteiger partial charge on any atom is -0.381 e. The van der Waals surface area contributed by atoms with Gasteiger partial charge in [0.15, 0.2) is 0 Å². The molecular formula is C20H20F2N4O2. The van der Waals surface area contributed by atoms with Crippen molar-refractivity contribution in [2.24, 2.45) is 0 Å². The van der Waals surface area contributed by atoms with Gasteiger partial charge in [0.05, 0.1) is 11.4 Å². The molecule has 0 radical (unpaired) electrons. The predicted octanol–water partition coefficient (Wildman–Crippen LogP) is 4.12. The van der Waals surface area contributed by atoms with Crippen LogP contribution in [-0.2, 0) is 4.74 Å². The highest BCUT2D eigenvalue weighted by Gasteiger charge is 2.22. The number of anilines is 1. The highest BCUT2D eigenvalue weighted by molar-refractivity contribution is 6.03. The molecule has 4 rings (SSSR count). The van der Waals surface area contributed by atoms with Gasteiger partial charge in [0.2, 0.25) is 0 Å². The Kier molecular flexibility index (Phi) is 5.04. The molecule has 3 aromatic heterocycles. The lowest BCUT2D eigenvalue weighted by atomic mass is 9.97. The first kappa shape index (κ1) is 18.5. The Hall–Kier alpha value is -2.87. The molecule has 1 N–H and O–H groups in total. The Morgan fingerprint density at radius 2 is 2.04 bits per heavy atom. The van der Waals surface area contributed by atoms with Crippen molar-refractivity contribution in [1.82, 2.24) is 14.4 Å². The minimum absolute atomic E-state index is 0.0479. The van der Waals surface area contributed by atoms with Gasteiger partial charge in [-0.25, -0.2) is 18.7 Å². The van der Waals surface area contributed by atoms with Crippen molar-refractivity contribution in [1.29, 1.82) is 0 Å². The zero-order valence-electron chi connectivity index (χ0n) is 15.4. The van der Waals surface area contributed by atoms with Gasteiger partial charge in [-0.2, -0.15) is 0 Å². The number of nitrogens with one attached hydrogen (secondary N) is 1. The topological polar surface area (TPSA) is 68.5 Å². The maximum Gasteiger partial charge on any atom is 0.274 e. The molecule has 1 fully saturated rings. The summed E-state index contributed by atoms with van der Waals surface area (Å²) in [5.41, 5.74) is 1.92. The van der Waals surface area contributed by atoms with Gasteiger partial charge in [-0.05, 0) is 38.0 Å². The highest BCUT2D eigenvalue weighted by Crippen LogP contribution is 2.31. The van der Waals surface area contributed by atoms with E-state index in [0.29, 0.717) is 24.6 Å². The molecular weight excluding hydrogens is 366 g/mol. The van der Waals surface area contributed by atoms with E-state index < -0.39 is 12.3 Å². The lowest BCUT2D eigenvalue weighted by Gasteiger charge is -2.19. The molecule has 0 saturated carbocycles. The number of alkyl halides is 2. The zero-order valence-corrected chi connectivity index (χ0v) is 15.4. The third-order valence-corrected chi connectivity index (χ3v) is 4.89. The van der Waals surface area contributed by atoms with Crippen LogP contribution in [0, 0.1) is 6.92 Å². The second-order valence-electron chi connectivity index (χ2n) is 6.88. The number of imidazole rings is 1. The van der Waals surface area contributed by atoms with Gasteiger partial charge in [-0.3, -0.25) is 4.79 Å². The Bertz CT molecular complexity index is 1010. The van der Waals surface area contributed by atoms with Crippen LogP contribution < -0.4 is 5.32 Å². The molecule has 0 bridgehead atoms. The summed E-state index contributed by atoms with van der Waals surface area (Å²) in [6.07, 6.45) is 2.29. The first-order chi connectivity index (χ1) is 13.5. The summed E-state index contributed by atoms with van der Waals surface area (Å²) >= 11 is 0. The molecule has 3 aromatic rings. The number of aryl methyl sites for hydroxylation is 1. The number of ether oxygens (including phenoxy) is 1. The van der Waals surface area contributed by atoms with Crippen LogP contribution in [0.4, 0.5) is 14.5 Å². The number of hydrogen-bond donors (Lipinski definition) is 1. The number of fused-ring (bicyclic) bond motifs is 1. The SMILES string of the molecule is Cc1cccc(C(=O)Nc2cn3cc(C4CCOCC4)nc3cc2C(F)F)n1. The number of halogens is 2. The van der Waals surface area contributed by atoms with E-state index in [1.54, 1.807) is 29.5 Å². The molecule has 0 atom stereocenters. The maximum absolute atomic E-state index is 13.6. The van der Waals surface area contributed by atoms with E-state index in [1.165, 1.54) is 12.3 Å². The minimum atomic E-state index is -2.74. The number of pyridine rings is 2. The van der Waals surface area contributed by atoms with Gasteiger partial charge in [0, 0.05) is 42.8 Å². The van der Waals surface area contributed by atoms with Crippen LogP contribution in [0.1, 0.15) is 52.6 Å². The van der Waals surface area contributed by atoms with E-state index in [4.69, 9.17) is 4.74 Å². The van der Waals surface area contributed by atoms with Gasteiger partial charge in [-0.15, -0.1) is 0 Å². The summed E-state index contributed by atoms with van der Waals surface area (Å²) in [5.74, 6) is -0.284. The Labute approximate surface area is 160 Å². The third kappa shape index (κ3) is 3.73. The van der Waals surface area contributed by atoms with Crippen LogP contribution in [-0.4, -0.2) is 33.5 Å². The van der Waals surface area contributed by atoms with Gasteiger partial charge < -0.3 is 14.5 Å². The van der Waals surface area contributed by atoms with Crippen LogP contribution >= 0.6 is 0 Å². The van der Waals surface area contributed by atoms with Crippen molar-refractivity contribution in [3.8, 4) is 0 Å². The second kappa shape index (κ2) is 7.63. The quantitative estimate of drug-likeness (QED) is 0.732. The number of rotatable bonds is 4. The van der Waals surface area contributed by atoms with Crippen molar-refractivity contribution >= 4 is 17.2 Å². The number of carbonyl (C=O) groups is 1. The zero-order chi connectivity index (χ0) is 19.7. The molecule has 1 saturated heterocycles. The largest absolute Gasteiger partial charge is 0.381 e. The summed E-state index contributed by atoms with van der Waals surface area (Å²) in [6.45, 7) is 3.11. The van der Waals surface area contributed by atoms with Crippen molar-refractivity contribution in [3.63, 3.8) is 0 Å². The van der Waals surface area contributed by atoms with Crippen LogP contribution in [0.25, 0.3) is 5.65 Å². The third-order valence-electron chi connectivity index (χ3n) is 4.89. The average Bonchev–Trinajstić information content (AvgIpc) is 3.11. The monoisotopic (exact) mass is 386 g/mol. The molecule has 1 aliphatic rings. The highest BCUT2D eigenvalue weighted by atomic mass is 19.3. The number of hydrogen-bond acceptors (Lipinski definition) is 4. The average molecular weight is 386 g/mol. The van der Waals surface area contributed by atoms with Crippen LogP contribution in [0.15, 0.2) is 36.7 Å². The molecule has 0 aromatic carbocycles. The molecule has 1 amide bonds. The first-order valence-electron chi connectivity index (χ1n) is 9.14. The fraction of sp³-hybridized carbons (Fsp3) is 0.350. The summed E-state index contributed by atoms with van der Waals surface area (Å²) < 4.78 is 34.3. The molecule has 0 spiro atoms. The number of nitrogens with zero attached hydrogens (tertiary/aromatic N) is 3. The maximum atomic E-state index is 13.6. The molecule has 0 aliphatic carbocycles.